The van der Waals surface area contributed by atoms with Crippen molar-refractivity contribution in [1.29, 1.82) is 0 Å². The highest BCUT2D eigenvalue weighted by atomic mass is 79.9. The fourth-order valence-corrected chi connectivity index (χ4v) is 3.11. The van der Waals surface area contributed by atoms with Crippen molar-refractivity contribution in [2.75, 3.05) is 6.61 Å². The van der Waals surface area contributed by atoms with E-state index >= 15 is 0 Å². The first-order chi connectivity index (χ1) is 9.63. The van der Waals surface area contributed by atoms with E-state index in [1.54, 1.807) is 0 Å². The minimum atomic E-state index is -0.613. The first-order valence-corrected chi connectivity index (χ1v) is 7.48. The quantitative estimate of drug-likeness (QED) is 0.936. The maximum absolute atomic E-state index is 10.4. The van der Waals surface area contributed by atoms with Gasteiger partial charge in [-0.05, 0) is 42.3 Å². The number of hydrogen-bond acceptors (Lipinski definition) is 3. The van der Waals surface area contributed by atoms with Crippen LogP contribution in [0.4, 0.5) is 0 Å². The van der Waals surface area contributed by atoms with E-state index in [4.69, 9.17) is 4.74 Å². The second kappa shape index (κ2) is 5.54. The Bertz CT molecular complexity index is 642. The average Bonchev–Trinajstić information content (AvgIpc) is 2.86. The molecule has 20 heavy (non-hydrogen) atoms. The Morgan fingerprint density at radius 2 is 2.25 bits per heavy atom. The third-order valence-electron chi connectivity index (χ3n) is 3.49. The van der Waals surface area contributed by atoms with Crippen LogP contribution >= 0.6 is 15.9 Å². The van der Waals surface area contributed by atoms with Crippen molar-refractivity contribution in [2.24, 2.45) is 0 Å². The summed E-state index contributed by atoms with van der Waals surface area (Å²) in [6, 6.07) is 9.81. The molecule has 0 saturated heterocycles. The van der Waals surface area contributed by atoms with Gasteiger partial charge in [0.2, 0.25) is 0 Å². The third kappa shape index (κ3) is 2.72. The molecule has 2 heterocycles. The Morgan fingerprint density at radius 1 is 1.40 bits per heavy atom. The van der Waals surface area contributed by atoms with Gasteiger partial charge >= 0.3 is 0 Å². The zero-order valence-electron chi connectivity index (χ0n) is 11.3. The lowest BCUT2D eigenvalue weighted by molar-refractivity contribution is 0.172. The van der Waals surface area contributed by atoms with Crippen LogP contribution in [0, 0.1) is 6.92 Å². The summed E-state index contributed by atoms with van der Waals surface area (Å²) < 4.78 is 6.72. The first-order valence-electron chi connectivity index (χ1n) is 6.69. The SMILES string of the molecule is Cc1cccc(C(O)Cc2cc(Br)cc3c2OCC3)n1. The average molecular weight is 334 g/mol. The van der Waals surface area contributed by atoms with Gasteiger partial charge in [0.05, 0.1) is 12.3 Å². The van der Waals surface area contributed by atoms with Crippen LogP contribution in [0.3, 0.4) is 0 Å². The van der Waals surface area contributed by atoms with E-state index in [2.05, 4.69) is 27.0 Å². The predicted molar refractivity (Wildman–Crippen MR) is 81.0 cm³/mol. The van der Waals surface area contributed by atoms with Gasteiger partial charge in [-0.25, -0.2) is 0 Å². The van der Waals surface area contributed by atoms with Crippen LogP contribution in [0.25, 0.3) is 0 Å². The van der Waals surface area contributed by atoms with E-state index in [1.807, 2.05) is 31.2 Å². The van der Waals surface area contributed by atoms with Gasteiger partial charge < -0.3 is 9.84 Å². The zero-order chi connectivity index (χ0) is 14.1. The largest absolute Gasteiger partial charge is 0.493 e. The predicted octanol–water partition coefficient (Wildman–Crippen LogP) is 3.36. The lowest BCUT2D eigenvalue weighted by atomic mass is 10.0. The maximum atomic E-state index is 10.4. The molecule has 1 aliphatic rings. The van der Waals surface area contributed by atoms with Gasteiger partial charge in [-0.15, -0.1) is 0 Å². The third-order valence-corrected chi connectivity index (χ3v) is 3.95. The number of aliphatic hydroxyl groups excluding tert-OH is 1. The molecular formula is C16H16BrNO2. The molecule has 0 saturated carbocycles. The molecule has 104 valence electrons. The molecule has 4 heteroatoms. The second-order valence-corrected chi connectivity index (χ2v) is 5.99. The molecule has 1 aromatic carbocycles. The van der Waals surface area contributed by atoms with E-state index < -0.39 is 6.10 Å². The summed E-state index contributed by atoms with van der Waals surface area (Å²) >= 11 is 3.52. The van der Waals surface area contributed by atoms with Gasteiger partial charge in [-0.2, -0.15) is 0 Å². The number of aryl methyl sites for hydroxylation is 1. The van der Waals surface area contributed by atoms with E-state index in [1.165, 1.54) is 5.56 Å². The summed E-state index contributed by atoms with van der Waals surface area (Å²) in [7, 11) is 0. The molecule has 2 aromatic rings. The molecule has 0 amide bonds. The van der Waals surface area contributed by atoms with Crippen molar-refractivity contribution in [3.63, 3.8) is 0 Å². The van der Waals surface area contributed by atoms with E-state index in [0.717, 1.165) is 34.5 Å². The number of nitrogens with zero attached hydrogens (tertiary/aromatic N) is 1. The minimum Gasteiger partial charge on any atom is -0.493 e. The number of aromatic nitrogens is 1. The minimum absolute atomic E-state index is 0.512. The number of hydrogen-bond donors (Lipinski definition) is 1. The fraction of sp³-hybridized carbons (Fsp3) is 0.312. The second-order valence-electron chi connectivity index (χ2n) is 5.08. The molecule has 0 fully saturated rings. The van der Waals surface area contributed by atoms with Crippen LogP contribution in [0.5, 0.6) is 5.75 Å². The van der Waals surface area contributed by atoms with Gasteiger partial charge in [-0.3, -0.25) is 4.98 Å². The van der Waals surface area contributed by atoms with Crippen LogP contribution in [-0.4, -0.2) is 16.7 Å². The fourth-order valence-electron chi connectivity index (χ4n) is 2.56. The number of ether oxygens (including phenoxy) is 1. The Kier molecular flexibility index (Phi) is 3.76. The smallest absolute Gasteiger partial charge is 0.125 e. The summed E-state index contributed by atoms with van der Waals surface area (Å²) in [5, 5.41) is 10.4. The summed E-state index contributed by atoms with van der Waals surface area (Å²) in [6.07, 6.45) is 0.830. The van der Waals surface area contributed by atoms with Crippen molar-refractivity contribution in [2.45, 2.75) is 25.9 Å². The molecular weight excluding hydrogens is 318 g/mol. The summed E-state index contributed by atoms with van der Waals surface area (Å²) in [4.78, 5) is 4.38. The number of fused-ring (bicyclic) bond motifs is 1. The highest BCUT2D eigenvalue weighted by Crippen LogP contribution is 2.35. The highest BCUT2D eigenvalue weighted by molar-refractivity contribution is 9.10. The highest BCUT2D eigenvalue weighted by Gasteiger charge is 2.20. The molecule has 3 nitrogen and oxygen atoms in total. The number of halogens is 1. The standard InChI is InChI=1S/C16H16BrNO2/c1-10-3-2-4-14(18-10)15(19)9-12-8-13(17)7-11-5-6-20-16(11)12/h2-4,7-8,15,19H,5-6,9H2,1H3. The molecule has 1 unspecified atom stereocenters. The van der Waals surface area contributed by atoms with Gasteiger partial charge in [-0.1, -0.05) is 22.0 Å². The van der Waals surface area contributed by atoms with E-state index in [-0.39, 0.29) is 0 Å². The van der Waals surface area contributed by atoms with Crippen molar-refractivity contribution in [1.82, 2.24) is 4.98 Å². The lowest BCUT2D eigenvalue weighted by Crippen LogP contribution is -2.06. The summed E-state index contributed by atoms with van der Waals surface area (Å²) in [5.74, 6) is 0.930. The van der Waals surface area contributed by atoms with Crippen molar-refractivity contribution in [3.8, 4) is 5.75 Å². The first kappa shape index (κ1) is 13.6. The summed E-state index contributed by atoms with van der Waals surface area (Å²) in [5.41, 5.74) is 3.86. The topological polar surface area (TPSA) is 42.4 Å². The van der Waals surface area contributed by atoms with Gasteiger partial charge in [0.25, 0.3) is 0 Å². The number of pyridine rings is 1. The molecule has 1 N–H and O–H groups in total. The van der Waals surface area contributed by atoms with Crippen LogP contribution in [-0.2, 0) is 12.8 Å². The monoisotopic (exact) mass is 333 g/mol. The van der Waals surface area contributed by atoms with Crippen molar-refractivity contribution >= 4 is 15.9 Å². The van der Waals surface area contributed by atoms with Crippen LogP contribution in [0.2, 0.25) is 0 Å². The molecule has 1 atom stereocenters. The summed E-state index contributed by atoms with van der Waals surface area (Å²) in [6.45, 7) is 2.65. The lowest BCUT2D eigenvalue weighted by Gasteiger charge is -2.14. The van der Waals surface area contributed by atoms with E-state index in [9.17, 15) is 5.11 Å². The Labute approximate surface area is 126 Å². The molecule has 1 aromatic heterocycles. The number of rotatable bonds is 3. The van der Waals surface area contributed by atoms with Crippen molar-refractivity contribution < 1.29 is 9.84 Å². The maximum Gasteiger partial charge on any atom is 0.125 e. The molecule has 3 rings (SSSR count). The van der Waals surface area contributed by atoms with Gasteiger partial charge in [0.15, 0.2) is 0 Å². The van der Waals surface area contributed by atoms with Crippen LogP contribution in [0.15, 0.2) is 34.8 Å². The van der Waals surface area contributed by atoms with Crippen LogP contribution < -0.4 is 4.74 Å². The number of aliphatic hydroxyl groups is 1. The van der Waals surface area contributed by atoms with E-state index in [0.29, 0.717) is 12.1 Å². The molecule has 0 radical (unpaired) electrons. The normalized spacial score (nSPS) is 14.8. The Hall–Kier alpha value is -1.39. The molecule has 0 bridgehead atoms. The Balaban J connectivity index is 1.88. The van der Waals surface area contributed by atoms with Gasteiger partial charge in [0.1, 0.15) is 11.9 Å². The zero-order valence-corrected chi connectivity index (χ0v) is 12.9. The molecule has 0 spiro atoms. The Morgan fingerprint density at radius 3 is 3.05 bits per heavy atom. The van der Waals surface area contributed by atoms with Crippen molar-refractivity contribution in [3.05, 3.63) is 57.3 Å². The van der Waals surface area contributed by atoms with Crippen LogP contribution in [0.1, 0.15) is 28.6 Å². The molecule has 0 aliphatic carbocycles. The van der Waals surface area contributed by atoms with Gasteiger partial charge in [0, 0.05) is 23.0 Å². The number of benzene rings is 1. The molecule has 1 aliphatic heterocycles.